The van der Waals surface area contributed by atoms with E-state index in [1.807, 2.05) is 36.4 Å². The van der Waals surface area contributed by atoms with Crippen LogP contribution in [0, 0.1) is 0 Å². The van der Waals surface area contributed by atoms with Gasteiger partial charge in [0.1, 0.15) is 12.6 Å². The Kier molecular flexibility index (Phi) is 5.91. The zero-order chi connectivity index (χ0) is 26.5. The Morgan fingerprint density at radius 1 is 0.568 bits per heavy atom. The fraction of sp³-hybridized carbons (Fsp3) is 0.235. The van der Waals surface area contributed by atoms with Gasteiger partial charge in [0.15, 0.2) is 0 Å². The van der Waals surface area contributed by atoms with Crippen molar-refractivity contribution in [3.05, 3.63) is 95.1 Å². The molecular formula is C34H33NO2. The van der Waals surface area contributed by atoms with E-state index in [4.69, 9.17) is 0 Å². The van der Waals surface area contributed by atoms with Gasteiger partial charge in [-0.2, -0.15) is 0 Å². The molecule has 0 aliphatic heterocycles. The lowest BCUT2D eigenvalue weighted by Gasteiger charge is -2.22. The van der Waals surface area contributed by atoms with Gasteiger partial charge in [-0.3, -0.25) is 9.59 Å². The van der Waals surface area contributed by atoms with Crippen molar-refractivity contribution in [1.29, 1.82) is 0 Å². The number of hydrogen-bond donors (Lipinski definition) is 1. The summed E-state index contributed by atoms with van der Waals surface area (Å²) in [5.41, 5.74) is 9.93. The summed E-state index contributed by atoms with van der Waals surface area (Å²) in [6.45, 7) is 13.4. The minimum atomic E-state index is -0.0580. The van der Waals surface area contributed by atoms with Crippen LogP contribution >= 0.6 is 0 Å². The molecule has 0 fully saturated rings. The molecule has 0 aliphatic carbocycles. The predicted octanol–water partition coefficient (Wildman–Crippen LogP) is 8.88. The van der Waals surface area contributed by atoms with Crippen molar-refractivity contribution in [3.63, 3.8) is 0 Å². The Bertz CT molecular complexity index is 1550. The van der Waals surface area contributed by atoms with Gasteiger partial charge in [0.25, 0.3) is 0 Å². The first-order valence-corrected chi connectivity index (χ1v) is 12.8. The summed E-state index contributed by atoms with van der Waals surface area (Å²) in [6.07, 6.45) is 1.79. The van der Waals surface area contributed by atoms with Crippen molar-refractivity contribution >= 4 is 34.4 Å². The Labute approximate surface area is 218 Å². The highest BCUT2D eigenvalue weighted by molar-refractivity contribution is 6.16. The van der Waals surface area contributed by atoms with Gasteiger partial charge in [-0.25, -0.2) is 0 Å². The van der Waals surface area contributed by atoms with Crippen LogP contribution in [0.4, 0.5) is 0 Å². The molecule has 0 bridgehead atoms. The first-order valence-electron chi connectivity index (χ1n) is 12.8. The summed E-state index contributed by atoms with van der Waals surface area (Å²) in [6, 6.07) is 24.7. The number of benzene rings is 4. The first kappa shape index (κ1) is 24.7. The van der Waals surface area contributed by atoms with E-state index in [1.165, 1.54) is 11.1 Å². The molecule has 3 nitrogen and oxygen atoms in total. The normalized spacial score (nSPS) is 12.3. The zero-order valence-corrected chi connectivity index (χ0v) is 22.4. The van der Waals surface area contributed by atoms with Crippen molar-refractivity contribution in [1.82, 2.24) is 4.98 Å². The average molecular weight is 488 g/mol. The Hall–Kier alpha value is -3.98. The standard InChI is InChI=1S/C34H33NO2/c1-33(2,3)25-15-27(23-11-7-9-21(13-23)19-36)31-29(17-25)30-18-26(34(4,5)6)16-28(32(30)35-31)24-12-8-10-22(14-24)20-37/h7-20,35H,1-6H3. The maximum absolute atomic E-state index is 11.6. The molecule has 0 spiro atoms. The van der Waals surface area contributed by atoms with Gasteiger partial charge >= 0.3 is 0 Å². The summed E-state index contributed by atoms with van der Waals surface area (Å²) in [5.74, 6) is 0. The van der Waals surface area contributed by atoms with Gasteiger partial charge in [0.05, 0.1) is 11.0 Å². The lowest BCUT2D eigenvalue weighted by molar-refractivity contribution is 0.111. The molecule has 1 N–H and O–H groups in total. The third-order valence-electron chi connectivity index (χ3n) is 7.22. The Morgan fingerprint density at radius 2 is 0.973 bits per heavy atom. The Morgan fingerprint density at radius 3 is 1.32 bits per heavy atom. The summed E-state index contributed by atoms with van der Waals surface area (Å²) in [4.78, 5) is 26.9. The Balaban J connectivity index is 1.94. The molecule has 0 saturated heterocycles. The molecule has 0 radical (unpaired) electrons. The van der Waals surface area contributed by atoms with E-state index in [9.17, 15) is 9.59 Å². The minimum absolute atomic E-state index is 0.0580. The largest absolute Gasteiger partial charge is 0.353 e. The third-order valence-corrected chi connectivity index (χ3v) is 7.22. The van der Waals surface area contributed by atoms with Crippen LogP contribution in [0.5, 0.6) is 0 Å². The van der Waals surface area contributed by atoms with Gasteiger partial charge in [0.2, 0.25) is 0 Å². The van der Waals surface area contributed by atoms with Crippen molar-refractivity contribution in [3.8, 4) is 22.3 Å². The van der Waals surface area contributed by atoms with Gasteiger partial charge in [0, 0.05) is 33.0 Å². The number of H-pyrrole nitrogens is 1. The maximum atomic E-state index is 11.6. The number of rotatable bonds is 4. The molecule has 0 aliphatic rings. The van der Waals surface area contributed by atoms with Gasteiger partial charge < -0.3 is 4.98 Å². The number of carbonyl (C=O) groups is 2. The van der Waals surface area contributed by atoms with Crippen LogP contribution in [0.25, 0.3) is 44.1 Å². The number of aldehydes is 2. The van der Waals surface area contributed by atoms with E-state index in [1.54, 1.807) is 0 Å². The third kappa shape index (κ3) is 4.51. The molecule has 0 atom stereocenters. The second-order valence-electron chi connectivity index (χ2n) is 12.0. The summed E-state index contributed by atoms with van der Waals surface area (Å²) in [7, 11) is 0. The van der Waals surface area contributed by atoms with Gasteiger partial charge in [-0.1, -0.05) is 77.9 Å². The fourth-order valence-electron chi connectivity index (χ4n) is 4.98. The lowest BCUT2D eigenvalue weighted by Crippen LogP contribution is -2.11. The number of aromatic nitrogens is 1. The van der Waals surface area contributed by atoms with E-state index < -0.39 is 0 Å². The molecule has 5 aromatic rings. The van der Waals surface area contributed by atoms with Crippen LogP contribution < -0.4 is 0 Å². The second-order valence-corrected chi connectivity index (χ2v) is 12.0. The highest BCUT2D eigenvalue weighted by atomic mass is 16.1. The summed E-state index contributed by atoms with van der Waals surface area (Å²) in [5, 5.41) is 2.32. The van der Waals surface area contributed by atoms with E-state index >= 15 is 0 Å². The highest BCUT2D eigenvalue weighted by Gasteiger charge is 2.23. The van der Waals surface area contributed by atoms with Gasteiger partial charge in [-0.05, 0) is 69.5 Å². The molecule has 0 amide bonds. The van der Waals surface area contributed by atoms with Crippen molar-refractivity contribution < 1.29 is 9.59 Å². The molecule has 186 valence electrons. The molecular weight excluding hydrogens is 454 g/mol. The topological polar surface area (TPSA) is 49.9 Å². The molecule has 1 heterocycles. The first-order chi connectivity index (χ1) is 17.5. The van der Waals surface area contributed by atoms with Crippen molar-refractivity contribution in [2.75, 3.05) is 0 Å². The number of aromatic amines is 1. The smallest absolute Gasteiger partial charge is 0.150 e. The average Bonchev–Trinajstić information content (AvgIpc) is 3.25. The molecule has 0 saturated carbocycles. The van der Waals surface area contributed by atoms with Crippen LogP contribution in [0.15, 0.2) is 72.8 Å². The predicted molar refractivity (Wildman–Crippen MR) is 155 cm³/mol. The quantitative estimate of drug-likeness (QED) is 0.257. The molecule has 5 rings (SSSR count). The monoisotopic (exact) mass is 487 g/mol. The maximum Gasteiger partial charge on any atom is 0.150 e. The fourth-order valence-corrected chi connectivity index (χ4v) is 4.98. The van der Waals surface area contributed by atoms with Crippen molar-refractivity contribution in [2.24, 2.45) is 0 Å². The molecule has 4 aromatic carbocycles. The van der Waals surface area contributed by atoms with Crippen molar-refractivity contribution in [2.45, 2.75) is 52.4 Å². The van der Waals surface area contributed by atoms with Gasteiger partial charge in [-0.15, -0.1) is 0 Å². The molecule has 37 heavy (non-hydrogen) atoms. The van der Waals surface area contributed by atoms with Crippen LogP contribution in [-0.4, -0.2) is 17.6 Å². The summed E-state index contributed by atoms with van der Waals surface area (Å²) >= 11 is 0. The number of carbonyl (C=O) groups excluding carboxylic acids is 2. The second kappa shape index (κ2) is 8.85. The number of fused-ring (bicyclic) bond motifs is 3. The van der Waals surface area contributed by atoms with E-state index in [-0.39, 0.29) is 10.8 Å². The number of nitrogens with one attached hydrogen (secondary N) is 1. The van der Waals surface area contributed by atoms with E-state index in [0.717, 1.165) is 56.6 Å². The van der Waals surface area contributed by atoms with E-state index in [0.29, 0.717) is 11.1 Å². The van der Waals surface area contributed by atoms with E-state index in [2.05, 4.69) is 82.9 Å². The molecule has 0 unspecified atom stereocenters. The number of hydrogen-bond acceptors (Lipinski definition) is 2. The summed E-state index contributed by atoms with van der Waals surface area (Å²) < 4.78 is 0. The van der Waals surface area contributed by atoms with Crippen LogP contribution in [0.1, 0.15) is 73.4 Å². The SMILES string of the molecule is CC(C)(C)c1cc(-c2cccc(C=O)c2)c2[nH]c3c(-c4cccc(C=O)c4)cc(C(C)(C)C)cc3c2c1. The van der Waals surface area contributed by atoms with Crippen LogP contribution in [-0.2, 0) is 10.8 Å². The molecule has 1 aromatic heterocycles. The van der Waals surface area contributed by atoms with Crippen LogP contribution in [0.3, 0.4) is 0 Å². The highest BCUT2D eigenvalue weighted by Crippen LogP contribution is 2.42. The molecule has 3 heteroatoms. The lowest BCUT2D eigenvalue weighted by atomic mass is 9.82. The minimum Gasteiger partial charge on any atom is -0.353 e. The zero-order valence-electron chi connectivity index (χ0n) is 22.4. The van der Waals surface area contributed by atoms with Crippen LogP contribution in [0.2, 0.25) is 0 Å².